The molecule has 1 atom stereocenters. The van der Waals surface area contributed by atoms with Crippen molar-refractivity contribution < 1.29 is 9.26 Å². The molecule has 122 valence electrons. The highest BCUT2D eigenvalue weighted by atomic mass is 16.5. The topological polar surface area (TPSA) is 63.4 Å². The van der Waals surface area contributed by atoms with E-state index in [1.807, 2.05) is 24.3 Å². The fourth-order valence-electron chi connectivity index (χ4n) is 2.94. The number of likely N-dealkylation sites (N-methyl/N-ethyl adjacent to an activating group) is 1. The molecule has 0 amide bonds. The number of ether oxygens (including phenoxy) is 1. The van der Waals surface area contributed by atoms with Gasteiger partial charge in [-0.25, -0.2) is 0 Å². The van der Waals surface area contributed by atoms with Gasteiger partial charge in [0, 0.05) is 25.2 Å². The molecule has 23 heavy (non-hydrogen) atoms. The van der Waals surface area contributed by atoms with E-state index in [1.54, 1.807) is 0 Å². The van der Waals surface area contributed by atoms with Crippen LogP contribution in [0.4, 0.5) is 0 Å². The summed E-state index contributed by atoms with van der Waals surface area (Å²) in [5.74, 6) is 2.22. The molecule has 2 aromatic rings. The Balaban J connectivity index is 1.47. The zero-order chi connectivity index (χ0) is 15.6. The Bertz CT molecular complexity index is 651. The Kier molecular flexibility index (Phi) is 4.01. The smallest absolute Gasteiger partial charge is 0.257 e. The van der Waals surface area contributed by atoms with E-state index in [0.717, 1.165) is 49.6 Å². The summed E-state index contributed by atoms with van der Waals surface area (Å²) in [7, 11) is 2.09. The number of rotatable bonds is 4. The molecule has 0 spiro atoms. The Hall–Kier alpha value is -1.92. The fraction of sp³-hybridized carbons (Fsp3) is 0.529. The maximum absolute atomic E-state index is 5.87. The summed E-state index contributed by atoms with van der Waals surface area (Å²) >= 11 is 0. The zero-order valence-electron chi connectivity index (χ0n) is 13.4. The van der Waals surface area contributed by atoms with Crippen LogP contribution in [-0.2, 0) is 0 Å². The van der Waals surface area contributed by atoms with Crippen LogP contribution in [-0.4, -0.2) is 47.8 Å². The fourth-order valence-corrected chi connectivity index (χ4v) is 2.94. The Morgan fingerprint density at radius 3 is 2.78 bits per heavy atom. The van der Waals surface area contributed by atoms with Crippen LogP contribution in [0.25, 0.3) is 11.5 Å². The van der Waals surface area contributed by atoms with E-state index in [-0.39, 0.29) is 6.04 Å². The molecule has 2 heterocycles. The molecule has 1 saturated carbocycles. The number of nitrogens with one attached hydrogen (secondary N) is 1. The Morgan fingerprint density at radius 2 is 2.09 bits per heavy atom. The molecule has 0 radical (unpaired) electrons. The van der Waals surface area contributed by atoms with Crippen molar-refractivity contribution in [3.8, 4) is 17.2 Å². The highest BCUT2D eigenvalue weighted by molar-refractivity contribution is 5.54. The maximum atomic E-state index is 5.87. The first-order valence-corrected chi connectivity index (χ1v) is 8.31. The first kappa shape index (κ1) is 14.7. The maximum Gasteiger partial charge on any atom is 0.257 e. The number of aromatic nitrogens is 2. The van der Waals surface area contributed by atoms with Gasteiger partial charge in [0.25, 0.3) is 5.89 Å². The van der Waals surface area contributed by atoms with Gasteiger partial charge < -0.3 is 14.6 Å². The lowest BCUT2D eigenvalue weighted by atomic mass is 9.96. The van der Waals surface area contributed by atoms with Crippen LogP contribution in [0.3, 0.4) is 0 Å². The van der Waals surface area contributed by atoms with E-state index < -0.39 is 0 Å². The van der Waals surface area contributed by atoms with Gasteiger partial charge in [-0.15, -0.1) is 0 Å². The predicted octanol–water partition coefficient (Wildman–Crippen LogP) is 2.24. The quantitative estimate of drug-likeness (QED) is 0.934. The van der Waals surface area contributed by atoms with Gasteiger partial charge in [0.1, 0.15) is 5.75 Å². The van der Waals surface area contributed by atoms with Gasteiger partial charge in [0.2, 0.25) is 0 Å². The molecule has 1 saturated heterocycles. The van der Waals surface area contributed by atoms with Gasteiger partial charge in [0.05, 0.1) is 12.1 Å². The second-order valence-corrected chi connectivity index (χ2v) is 6.35. The number of hydrogen-bond donors (Lipinski definition) is 1. The van der Waals surface area contributed by atoms with Crippen LogP contribution in [0.5, 0.6) is 5.75 Å². The first-order valence-electron chi connectivity index (χ1n) is 8.31. The minimum absolute atomic E-state index is 0.169. The van der Waals surface area contributed by atoms with Crippen LogP contribution >= 0.6 is 0 Å². The van der Waals surface area contributed by atoms with Crippen molar-refractivity contribution >= 4 is 0 Å². The second kappa shape index (κ2) is 6.29. The van der Waals surface area contributed by atoms with Crippen molar-refractivity contribution in [3.05, 3.63) is 30.1 Å². The average Bonchev–Trinajstić information content (AvgIpc) is 3.02. The number of piperazine rings is 1. The van der Waals surface area contributed by atoms with E-state index in [9.17, 15) is 0 Å². The third-order valence-electron chi connectivity index (χ3n) is 4.71. The lowest BCUT2D eigenvalue weighted by Crippen LogP contribution is -2.44. The van der Waals surface area contributed by atoms with Crippen LogP contribution in [0, 0.1) is 0 Å². The summed E-state index contributed by atoms with van der Waals surface area (Å²) in [5.41, 5.74) is 0.927. The molecule has 1 aromatic carbocycles. The predicted molar refractivity (Wildman–Crippen MR) is 86.2 cm³/mol. The minimum Gasteiger partial charge on any atom is -0.490 e. The largest absolute Gasteiger partial charge is 0.490 e. The molecule has 2 aliphatic rings. The Morgan fingerprint density at radius 1 is 1.26 bits per heavy atom. The molecule has 1 unspecified atom stereocenters. The monoisotopic (exact) mass is 314 g/mol. The van der Waals surface area contributed by atoms with Crippen LogP contribution < -0.4 is 10.1 Å². The molecule has 6 nitrogen and oxygen atoms in total. The third kappa shape index (κ3) is 3.09. The molecule has 1 aliphatic carbocycles. The lowest BCUT2D eigenvalue weighted by Gasteiger charge is -2.30. The average molecular weight is 314 g/mol. The SMILES string of the molecule is CN1CCNCC1c1noc(-c2ccc(OC3CCC3)cc2)n1. The lowest BCUT2D eigenvalue weighted by molar-refractivity contribution is 0.120. The Labute approximate surface area is 135 Å². The van der Waals surface area contributed by atoms with Crippen molar-refractivity contribution in [3.63, 3.8) is 0 Å². The first-order chi connectivity index (χ1) is 11.3. The van der Waals surface area contributed by atoms with Gasteiger partial charge in [-0.05, 0) is 50.6 Å². The molecule has 1 aromatic heterocycles. The van der Waals surface area contributed by atoms with E-state index in [2.05, 4.69) is 27.4 Å². The molecule has 2 fully saturated rings. The van der Waals surface area contributed by atoms with E-state index in [0.29, 0.717) is 12.0 Å². The summed E-state index contributed by atoms with van der Waals surface area (Å²) < 4.78 is 11.3. The van der Waals surface area contributed by atoms with E-state index >= 15 is 0 Å². The van der Waals surface area contributed by atoms with Crippen LogP contribution in [0.1, 0.15) is 31.1 Å². The van der Waals surface area contributed by atoms with Crippen molar-refractivity contribution in [2.24, 2.45) is 0 Å². The number of hydrogen-bond acceptors (Lipinski definition) is 6. The van der Waals surface area contributed by atoms with Gasteiger partial charge in [0.15, 0.2) is 5.82 Å². The normalized spacial score (nSPS) is 22.7. The molecular formula is C17H22N4O2. The molecule has 0 bridgehead atoms. The van der Waals surface area contributed by atoms with Crippen molar-refractivity contribution in [1.29, 1.82) is 0 Å². The number of nitrogens with zero attached hydrogens (tertiary/aromatic N) is 3. The molecule has 1 aliphatic heterocycles. The zero-order valence-corrected chi connectivity index (χ0v) is 13.4. The molecule has 1 N–H and O–H groups in total. The number of benzene rings is 1. The van der Waals surface area contributed by atoms with Crippen molar-refractivity contribution in [2.45, 2.75) is 31.4 Å². The molecule has 4 rings (SSSR count). The van der Waals surface area contributed by atoms with Gasteiger partial charge >= 0.3 is 0 Å². The summed E-state index contributed by atoms with van der Waals surface area (Å²) in [6, 6.07) is 8.09. The van der Waals surface area contributed by atoms with Gasteiger partial charge in [-0.2, -0.15) is 4.98 Å². The van der Waals surface area contributed by atoms with Crippen molar-refractivity contribution in [2.75, 3.05) is 26.7 Å². The molecular weight excluding hydrogens is 292 g/mol. The van der Waals surface area contributed by atoms with E-state index in [4.69, 9.17) is 9.26 Å². The minimum atomic E-state index is 0.169. The standard InChI is InChI=1S/C17H22N4O2/c1-21-10-9-18-11-15(21)16-19-17(23-20-16)12-5-7-14(8-6-12)22-13-3-2-4-13/h5-8,13,15,18H,2-4,9-11H2,1H3. The summed E-state index contributed by atoms with van der Waals surface area (Å²) in [4.78, 5) is 6.82. The summed E-state index contributed by atoms with van der Waals surface area (Å²) in [5, 5.41) is 7.53. The summed E-state index contributed by atoms with van der Waals surface area (Å²) in [6.07, 6.45) is 4.00. The van der Waals surface area contributed by atoms with Gasteiger partial charge in [-0.3, -0.25) is 4.90 Å². The highest BCUT2D eigenvalue weighted by Crippen LogP contribution is 2.28. The van der Waals surface area contributed by atoms with Crippen LogP contribution in [0.2, 0.25) is 0 Å². The van der Waals surface area contributed by atoms with Gasteiger partial charge in [-0.1, -0.05) is 5.16 Å². The molecule has 6 heteroatoms. The summed E-state index contributed by atoms with van der Waals surface area (Å²) in [6.45, 7) is 2.84. The van der Waals surface area contributed by atoms with E-state index in [1.165, 1.54) is 6.42 Å². The van der Waals surface area contributed by atoms with Crippen molar-refractivity contribution in [1.82, 2.24) is 20.4 Å². The third-order valence-corrected chi connectivity index (χ3v) is 4.71. The second-order valence-electron chi connectivity index (χ2n) is 6.35. The highest BCUT2D eigenvalue weighted by Gasteiger charge is 2.25. The van der Waals surface area contributed by atoms with Crippen LogP contribution in [0.15, 0.2) is 28.8 Å².